The van der Waals surface area contributed by atoms with E-state index < -0.39 is 0 Å². The third-order valence-corrected chi connectivity index (χ3v) is 3.59. The zero-order chi connectivity index (χ0) is 17.9. The molecule has 0 aliphatic rings. The highest BCUT2D eigenvalue weighted by Crippen LogP contribution is 2.20. The number of nitrogens with one attached hydrogen (secondary N) is 1. The van der Waals surface area contributed by atoms with Crippen LogP contribution in [0.25, 0.3) is 0 Å². The first-order valence-corrected chi connectivity index (χ1v) is 8.46. The number of aliphatic hydroxyl groups is 1. The number of nitrogens with zero attached hydrogens (tertiary/aromatic N) is 3. The van der Waals surface area contributed by atoms with E-state index in [1.54, 1.807) is 29.2 Å². The average molecular weight is 340 g/mol. The van der Waals surface area contributed by atoms with Crippen LogP contribution in [-0.2, 0) is 0 Å². The van der Waals surface area contributed by atoms with Gasteiger partial charge in [0, 0.05) is 18.8 Å². The summed E-state index contributed by atoms with van der Waals surface area (Å²) < 4.78 is 0. The molecule has 2 rings (SSSR count). The van der Waals surface area contributed by atoms with E-state index in [1.165, 1.54) is 0 Å². The molecule has 0 spiro atoms. The van der Waals surface area contributed by atoms with Crippen LogP contribution >= 0.6 is 0 Å². The SMILES string of the molecule is CCCCN(CCO)C(=O)Nc1ccc(N=Nc2ccccc2)cc1. The zero-order valence-electron chi connectivity index (χ0n) is 14.4. The Labute approximate surface area is 148 Å². The number of carbonyl (C=O) groups excluding carboxylic acids is 1. The van der Waals surface area contributed by atoms with Crippen molar-refractivity contribution >= 4 is 23.1 Å². The number of benzene rings is 2. The van der Waals surface area contributed by atoms with Crippen LogP contribution in [0.15, 0.2) is 64.8 Å². The number of unbranched alkanes of at least 4 members (excludes halogenated alkanes) is 1. The van der Waals surface area contributed by atoms with E-state index in [4.69, 9.17) is 5.11 Å². The van der Waals surface area contributed by atoms with Gasteiger partial charge in [-0.25, -0.2) is 4.79 Å². The van der Waals surface area contributed by atoms with Crippen LogP contribution in [0.4, 0.5) is 21.9 Å². The van der Waals surface area contributed by atoms with Crippen molar-refractivity contribution in [2.45, 2.75) is 19.8 Å². The lowest BCUT2D eigenvalue weighted by Gasteiger charge is -2.22. The molecule has 0 saturated heterocycles. The maximum absolute atomic E-state index is 12.3. The molecule has 0 aromatic heterocycles. The Balaban J connectivity index is 1.94. The quantitative estimate of drug-likeness (QED) is 0.682. The second-order valence-electron chi connectivity index (χ2n) is 5.58. The summed E-state index contributed by atoms with van der Waals surface area (Å²) in [6.45, 7) is 2.98. The third-order valence-electron chi connectivity index (χ3n) is 3.59. The predicted octanol–water partition coefficient (Wildman–Crippen LogP) is 4.73. The fourth-order valence-electron chi connectivity index (χ4n) is 2.21. The van der Waals surface area contributed by atoms with Crippen LogP contribution in [0, 0.1) is 0 Å². The number of urea groups is 1. The van der Waals surface area contributed by atoms with E-state index in [1.807, 2.05) is 30.3 Å². The Morgan fingerprint density at radius 3 is 2.24 bits per heavy atom. The van der Waals surface area contributed by atoms with Crippen LogP contribution in [0.3, 0.4) is 0 Å². The highest BCUT2D eigenvalue weighted by Gasteiger charge is 2.12. The zero-order valence-corrected chi connectivity index (χ0v) is 14.4. The molecule has 0 unspecified atom stereocenters. The van der Waals surface area contributed by atoms with Crippen LogP contribution in [0.1, 0.15) is 19.8 Å². The summed E-state index contributed by atoms with van der Waals surface area (Å²) in [5, 5.41) is 20.3. The molecule has 0 atom stereocenters. The summed E-state index contributed by atoms with van der Waals surface area (Å²) in [5.74, 6) is 0. The van der Waals surface area contributed by atoms with E-state index in [-0.39, 0.29) is 12.6 Å². The molecule has 2 aromatic rings. The molecular formula is C19H24N4O2. The van der Waals surface area contributed by atoms with Crippen molar-refractivity contribution in [3.63, 3.8) is 0 Å². The Kier molecular flexibility index (Phi) is 7.59. The molecule has 0 aliphatic heterocycles. The lowest BCUT2D eigenvalue weighted by Crippen LogP contribution is -2.37. The van der Waals surface area contributed by atoms with Crippen molar-refractivity contribution in [2.75, 3.05) is 25.0 Å². The molecule has 2 N–H and O–H groups in total. The average Bonchev–Trinajstić information content (AvgIpc) is 2.65. The van der Waals surface area contributed by atoms with E-state index >= 15 is 0 Å². The van der Waals surface area contributed by atoms with Gasteiger partial charge in [-0.15, -0.1) is 0 Å². The van der Waals surface area contributed by atoms with E-state index in [9.17, 15) is 4.79 Å². The summed E-state index contributed by atoms with van der Waals surface area (Å²) in [4.78, 5) is 13.9. The monoisotopic (exact) mass is 340 g/mol. The molecule has 2 amide bonds. The van der Waals surface area contributed by atoms with Gasteiger partial charge in [0.05, 0.1) is 18.0 Å². The van der Waals surface area contributed by atoms with E-state index in [2.05, 4.69) is 22.5 Å². The number of aliphatic hydroxyl groups excluding tert-OH is 1. The molecule has 0 fully saturated rings. The van der Waals surface area contributed by atoms with Gasteiger partial charge in [0.2, 0.25) is 0 Å². The summed E-state index contributed by atoms with van der Waals surface area (Å²) >= 11 is 0. The lowest BCUT2D eigenvalue weighted by molar-refractivity contribution is 0.187. The summed E-state index contributed by atoms with van der Waals surface area (Å²) in [6, 6.07) is 16.5. The van der Waals surface area contributed by atoms with Gasteiger partial charge in [-0.3, -0.25) is 0 Å². The Hall–Kier alpha value is -2.73. The largest absolute Gasteiger partial charge is 0.395 e. The van der Waals surface area contributed by atoms with E-state index in [0.29, 0.717) is 24.5 Å². The fourth-order valence-corrected chi connectivity index (χ4v) is 2.21. The van der Waals surface area contributed by atoms with Crippen molar-refractivity contribution in [2.24, 2.45) is 10.2 Å². The first-order chi connectivity index (χ1) is 12.2. The second kappa shape index (κ2) is 10.2. The fraction of sp³-hybridized carbons (Fsp3) is 0.316. The number of rotatable bonds is 8. The summed E-state index contributed by atoms with van der Waals surface area (Å²) in [6.07, 6.45) is 1.91. The van der Waals surface area contributed by atoms with Gasteiger partial charge in [-0.05, 0) is 42.8 Å². The molecule has 2 aromatic carbocycles. The smallest absolute Gasteiger partial charge is 0.321 e. The van der Waals surface area contributed by atoms with Crippen molar-refractivity contribution in [1.82, 2.24) is 4.90 Å². The topological polar surface area (TPSA) is 77.3 Å². The molecule has 0 bridgehead atoms. The number of anilines is 1. The van der Waals surface area contributed by atoms with Crippen molar-refractivity contribution in [1.29, 1.82) is 0 Å². The maximum Gasteiger partial charge on any atom is 0.321 e. The van der Waals surface area contributed by atoms with E-state index in [0.717, 1.165) is 18.5 Å². The molecule has 25 heavy (non-hydrogen) atoms. The predicted molar refractivity (Wildman–Crippen MR) is 99.6 cm³/mol. The first-order valence-electron chi connectivity index (χ1n) is 8.46. The molecule has 0 saturated carbocycles. The van der Waals surface area contributed by atoms with Crippen molar-refractivity contribution < 1.29 is 9.90 Å². The van der Waals surface area contributed by atoms with Crippen LogP contribution in [0.5, 0.6) is 0 Å². The lowest BCUT2D eigenvalue weighted by atomic mass is 10.3. The standard InChI is InChI=1S/C19H24N4O2/c1-2-3-13-23(14-15-24)19(25)20-16-9-11-18(12-10-16)22-21-17-7-5-4-6-8-17/h4-12,24H,2-3,13-15H2,1H3,(H,20,25). The highest BCUT2D eigenvalue weighted by atomic mass is 16.3. The Morgan fingerprint density at radius 1 is 1.00 bits per heavy atom. The van der Waals surface area contributed by atoms with Gasteiger partial charge in [0.15, 0.2) is 0 Å². The van der Waals surface area contributed by atoms with Crippen molar-refractivity contribution in [3.8, 4) is 0 Å². The summed E-state index contributed by atoms with van der Waals surface area (Å²) in [7, 11) is 0. The highest BCUT2D eigenvalue weighted by molar-refractivity contribution is 5.89. The minimum atomic E-state index is -0.207. The van der Waals surface area contributed by atoms with Gasteiger partial charge in [-0.1, -0.05) is 31.5 Å². The van der Waals surface area contributed by atoms with Crippen LogP contribution < -0.4 is 5.32 Å². The van der Waals surface area contributed by atoms with Gasteiger partial charge in [0.25, 0.3) is 0 Å². The minimum Gasteiger partial charge on any atom is -0.395 e. The number of amides is 2. The Bertz CT molecular complexity index is 672. The molecule has 0 aliphatic carbocycles. The van der Waals surface area contributed by atoms with Gasteiger partial charge in [-0.2, -0.15) is 10.2 Å². The Morgan fingerprint density at radius 2 is 1.64 bits per heavy atom. The normalized spacial score (nSPS) is 10.8. The number of azo groups is 1. The number of hydrogen-bond acceptors (Lipinski definition) is 4. The third kappa shape index (κ3) is 6.35. The maximum atomic E-state index is 12.3. The van der Waals surface area contributed by atoms with Gasteiger partial charge < -0.3 is 15.3 Å². The molecule has 0 heterocycles. The van der Waals surface area contributed by atoms with Gasteiger partial charge >= 0.3 is 6.03 Å². The molecule has 132 valence electrons. The second-order valence-corrected chi connectivity index (χ2v) is 5.58. The number of carbonyl (C=O) groups is 1. The van der Waals surface area contributed by atoms with Gasteiger partial charge in [0.1, 0.15) is 0 Å². The van der Waals surface area contributed by atoms with Crippen molar-refractivity contribution in [3.05, 3.63) is 54.6 Å². The molecular weight excluding hydrogens is 316 g/mol. The molecule has 0 radical (unpaired) electrons. The van der Waals surface area contributed by atoms with Crippen LogP contribution in [-0.4, -0.2) is 35.7 Å². The first kappa shape index (κ1) is 18.6. The van der Waals surface area contributed by atoms with Crippen LogP contribution in [0.2, 0.25) is 0 Å². The number of hydrogen-bond donors (Lipinski definition) is 2. The summed E-state index contributed by atoms with van der Waals surface area (Å²) in [5.41, 5.74) is 2.18. The molecule has 6 nitrogen and oxygen atoms in total. The molecule has 6 heteroatoms. The minimum absolute atomic E-state index is 0.0457.